The number of benzene rings is 1. The molecule has 0 saturated carbocycles. The van der Waals surface area contributed by atoms with Crippen LogP contribution in [-0.4, -0.2) is 63.8 Å². The monoisotopic (exact) mass is 547 g/mol. The molecule has 0 aliphatic carbocycles. The number of hydrogen-bond donors (Lipinski definition) is 1. The first-order valence-corrected chi connectivity index (χ1v) is 9.65. The molecule has 0 radical (unpaired) electrons. The fourth-order valence-electron chi connectivity index (χ4n) is 3.23. The molecule has 7 nitrogen and oxygen atoms in total. The van der Waals surface area contributed by atoms with E-state index in [1.54, 1.807) is 6.33 Å². The smallest absolute Gasteiger partial charge is 0.194 e. The summed E-state index contributed by atoms with van der Waals surface area (Å²) in [5.74, 6) is 1.82. The molecule has 1 atom stereocenters. The number of guanidine groups is 1. The lowest BCUT2D eigenvalue weighted by Crippen LogP contribution is -2.52. The first-order chi connectivity index (χ1) is 12.6. The van der Waals surface area contributed by atoms with E-state index in [0.717, 1.165) is 42.4 Å². The Bertz CT molecular complexity index is 738. The maximum Gasteiger partial charge on any atom is 0.194 e. The Hall–Kier alpha value is -1.20. The second-order valence-corrected chi connectivity index (χ2v) is 7.43. The zero-order valence-corrected chi connectivity index (χ0v) is 19.9. The highest BCUT2D eigenvalue weighted by Gasteiger charge is 2.23. The van der Waals surface area contributed by atoms with Gasteiger partial charge in [0.05, 0.1) is 6.54 Å². The molecule has 1 N–H and O–H groups in total. The van der Waals surface area contributed by atoms with Gasteiger partial charge >= 0.3 is 0 Å². The Morgan fingerprint density at radius 2 is 1.89 bits per heavy atom. The van der Waals surface area contributed by atoms with E-state index >= 15 is 0 Å². The Kier molecular flexibility index (Phi) is 8.49. The van der Waals surface area contributed by atoms with Crippen molar-refractivity contribution >= 4 is 45.9 Å². The molecule has 0 amide bonds. The van der Waals surface area contributed by atoms with E-state index in [9.17, 15) is 0 Å². The van der Waals surface area contributed by atoms with E-state index in [0.29, 0.717) is 12.6 Å². The van der Waals surface area contributed by atoms with Crippen LogP contribution in [0.2, 0.25) is 0 Å². The zero-order valence-electron chi connectivity index (χ0n) is 16.0. The van der Waals surface area contributed by atoms with Crippen molar-refractivity contribution in [3.8, 4) is 0 Å². The Labute approximate surface area is 186 Å². The molecule has 0 spiro atoms. The third-order valence-electron chi connectivity index (χ3n) is 4.94. The van der Waals surface area contributed by atoms with Gasteiger partial charge in [-0.05, 0) is 24.6 Å². The number of nitrogens with zero attached hydrogens (tertiary/aromatic N) is 6. The average Bonchev–Trinajstić information content (AvgIpc) is 3.08. The second-order valence-electron chi connectivity index (χ2n) is 6.51. The van der Waals surface area contributed by atoms with E-state index in [-0.39, 0.29) is 24.0 Å². The van der Waals surface area contributed by atoms with Gasteiger partial charge in [-0.2, -0.15) is 0 Å². The largest absolute Gasteiger partial charge is 0.349 e. The van der Waals surface area contributed by atoms with Crippen LogP contribution in [0.5, 0.6) is 0 Å². The van der Waals surface area contributed by atoms with Crippen molar-refractivity contribution in [2.45, 2.75) is 19.5 Å². The predicted octanol–water partition coefficient (Wildman–Crippen LogP) is 2.65. The minimum atomic E-state index is 0. The normalized spacial score (nSPS) is 16.7. The van der Waals surface area contributed by atoms with Crippen LogP contribution in [0.25, 0.3) is 0 Å². The molecule has 1 aromatic heterocycles. The van der Waals surface area contributed by atoms with Gasteiger partial charge in [0.25, 0.3) is 0 Å². The summed E-state index contributed by atoms with van der Waals surface area (Å²) in [5, 5.41) is 11.4. The third kappa shape index (κ3) is 5.64. The molecule has 148 valence electrons. The highest BCUT2D eigenvalue weighted by Crippen LogP contribution is 2.23. The summed E-state index contributed by atoms with van der Waals surface area (Å²) in [6.07, 6.45) is 1.71. The van der Waals surface area contributed by atoms with Crippen LogP contribution in [0.4, 0.5) is 0 Å². The van der Waals surface area contributed by atoms with Crippen LogP contribution in [0.1, 0.15) is 24.4 Å². The summed E-state index contributed by atoms with van der Waals surface area (Å²) in [5.41, 5.74) is 1.35. The number of aromatic nitrogens is 3. The van der Waals surface area contributed by atoms with Gasteiger partial charge < -0.3 is 14.8 Å². The quantitative estimate of drug-likeness (QED) is 0.362. The van der Waals surface area contributed by atoms with Gasteiger partial charge in [0, 0.05) is 50.8 Å². The predicted molar refractivity (Wildman–Crippen MR) is 122 cm³/mol. The van der Waals surface area contributed by atoms with Gasteiger partial charge in [0.15, 0.2) is 11.8 Å². The Morgan fingerprint density at radius 3 is 2.44 bits per heavy atom. The molecular weight excluding hydrogens is 521 g/mol. The van der Waals surface area contributed by atoms with Crippen molar-refractivity contribution in [3.63, 3.8) is 0 Å². The van der Waals surface area contributed by atoms with E-state index in [4.69, 9.17) is 0 Å². The highest BCUT2D eigenvalue weighted by atomic mass is 127. The molecule has 9 heteroatoms. The molecule has 2 heterocycles. The van der Waals surface area contributed by atoms with Crippen molar-refractivity contribution in [1.82, 2.24) is 29.9 Å². The molecule has 27 heavy (non-hydrogen) atoms. The number of rotatable bonds is 4. The van der Waals surface area contributed by atoms with Crippen molar-refractivity contribution in [2.24, 2.45) is 12.0 Å². The van der Waals surface area contributed by atoms with Crippen molar-refractivity contribution in [2.75, 3.05) is 33.2 Å². The summed E-state index contributed by atoms with van der Waals surface area (Å²) in [4.78, 5) is 9.26. The van der Waals surface area contributed by atoms with Crippen LogP contribution in [0.15, 0.2) is 40.1 Å². The molecule has 1 fully saturated rings. The van der Waals surface area contributed by atoms with Gasteiger partial charge in [0.2, 0.25) is 0 Å². The minimum Gasteiger partial charge on any atom is -0.349 e. The van der Waals surface area contributed by atoms with Gasteiger partial charge in [-0.1, -0.05) is 28.1 Å². The third-order valence-corrected chi connectivity index (χ3v) is 5.46. The fraction of sp³-hybridized carbons (Fsp3) is 0.500. The first-order valence-electron chi connectivity index (χ1n) is 8.86. The first kappa shape index (κ1) is 22.1. The topological polar surface area (TPSA) is 61.6 Å². The molecule has 1 aliphatic rings. The number of piperazine rings is 1. The maximum absolute atomic E-state index is 4.43. The molecular formula is C18H27BrIN7. The standard InChI is InChI=1S/C18H26BrN7.HI/c1-14(15-4-6-16(19)7-5-15)25-8-10-26(11-9-25)18(20-2)21-12-17-23-22-13-24(17)3;/h4-7,13-14H,8-12H2,1-3H3,(H,20,21);1H. The molecule has 1 unspecified atom stereocenters. The number of nitrogens with one attached hydrogen (secondary N) is 1. The molecule has 1 saturated heterocycles. The summed E-state index contributed by atoms with van der Waals surface area (Å²) in [6.45, 7) is 6.85. The Morgan fingerprint density at radius 1 is 1.22 bits per heavy atom. The van der Waals surface area contributed by atoms with E-state index < -0.39 is 0 Å². The van der Waals surface area contributed by atoms with Crippen LogP contribution in [0, 0.1) is 0 Å². The second kappa shape index (κ2) is 10.4. The molecule has 3 rings (SSSR count). The molecule has 1 aromatic carbocycles. The zero-order chi connectivity index (χ0) is 18.5. The van der Waals surface area contributed by atoms with Crippen LogP contribution >= 0.6 is 39.9 Å². The van der Waals surface area contributed by atoms with Gasteiger partial charge in [0.1, 0.15) is 6.33 Å². The van der Waals surface area contributed by atoms with Crippen molar-refractivity contribution in [3.05, 3.63) is 46.5 Å². The van der Waals surface area contributed by atoms with Gasteiger partial charge in [-0.25, -0.2) is 0 Å². The van der Waals surface area contributed by atoms with Crippen molar-refractivity contribution < 1.29 is 0 Å². The molecule has 1 aliphatic heterocycles. The Balaban J connectivity index is 0.00000261. The van der Waals surface area contributed by atoms with E-state index in [1.165, 1.54) is 5.56 Å². The fourth-order valence-corrected chi connectivity index (χ4v) is 3.50. The summed E-state index contributed by atoms with van der Waals surface area (Å²) in [7, 11) is 3.78. The van der Waals surface area contributed by atoms with Crippen LogP contribution in [0.3, 0.4) is 0 Å². The maximum atomic E-state index is 4.43. The summed E-state index contributed by atoms with van der Waals surface area (Å²) >= 11 is 3.51. The van der Waals surface area contributed by atoms with Gasteiger partial charge in [-0.15, -0.1) is 34.2 Å². The lowest BCUT2D eigenvalue weighted by atomic mass is 10.1. The summed E-state index contributed by atoms with van der Waals surface area (Å²) < 4.78 is 3.04. The molecule has 2 aromatic rings. The number of aryl methyl sites for hydroxylation is 1. The van der Waals surface area contributed by atoms with Gasteiger partial charge in [-0.3, -0.25) is 9.89 Å². The number of aliphatic imine (C=N–C) groups is 1. The number of hydrogen-bond acceptors (Lipinski definition) is 4. The lowest BCUT2D eigenvalue weighted by molar-refractivity contribution is 0.138. The van der Waals surface area contributed by atoms with Crippen molar-refractivity contribution in [1.29, 1.82) is 0 Å². The van der Waals surface area contributed by atoms with Crippen LogP contribution < -0.4 is 5.32 Å². The number of halogens is 2. The van der Waals surface area contributed by atoms with E-state index in [1.807, 2.05) is 18.7 Å². The SMILES string of the molecule is CN=C(NCc1nncn1C)N1CCN(C(C)c2ccc(Br)cc2)CC1.I. The average molecular weight is 548 g/mol. The minimum absolute atomic E-state index is 0. The molecule has 0 bridgehead atoms. The van der Waals surface area contributed by atoms with Crippen LogP contribution in [-0.2, 0) is 13.6 Å². The lowest BCUT2D eigenvalue weighted by Gasteiger charge is -2.39. The van der Waals surface area contributed by atoms with E-state index in [2.05, 4.69) is 77.4 Å². The summed E-state index contributed by atoms with van der Waals surface area (Å²) in [6, 6.07) is 9.03. The highest BCUT2D eigenvalue weighted by molar-refractivity contribution is 14.0.